The maximum Gasteiger partial charge on any atom is 0.229 e. The summed E-state index contributed by atoms with van der Waals surface area (Å²) in [4.78, 5) is 11.4. The van der Waals surface area contributed by atoms with Crippen molar-refractivity contribution in [2.45, 2.75) is 37.8 Å². The van der Waals surface area contributed by atoms with Gasteiger partial charge in [-0.3, -0.25) is 9.98 Å². The summed E-state index contributed by atoms with van der Waals surface area (Å²) >= 11 is 0. The summed E-state index contributed by atoms with van der Waals surface area (Å²) in [5, 5.41) is 2.15. The van der Waals surface area contributed by atoms with E-state index in [1.807, 2.05) is 30.7 Å². The van der Waals surface area contributed by atoms with Gasteiger partial charge < -0.3 is 9.64 Å². The van der Waals surface area contributed by atoms with E-state index in [4.69, 9.17) is 9.73 Å². The van der Waals surface area contributed by atoms with Crippen LogP contribution < -0.4 is 9.64 Å². The first kappa shape index (κ1) is 16.3. The van der Waals surface area contributed by atoms with Gasteiger partial charge in [0.1, 0.15) is 11.4 Å². The van der Waals surface area contributed by atoms with Gasteiger partial charge in [0.15, 0.2) is 0 Å². The summed E-state index contributed by atoms with van der Waals surface area (Å²) in [6.45, 7) is 4.50. The van der Waals surface area contributed by atoms with Crippen molar-refractivity contribution in [3.05, 3.63) is 60.4 Å². The number of hydrogen-bond donors (Lipinski definition) is 0. The van der Waals surface area contributed by atoms with Gasteiger partial charge in [0.05, 0.1) is 11.6 Å². The standard InChI is InChI=1S/C23H23N3O/c1-4-22(5-2)18-8-6-7-9-19(18)26(3)23(22)15-25-21-17-12-13-24-14-16(17)10-11-20(21)27-23/h6-15H,4-5H2,1-3H3. The fraction of sp³-hybridized carbons (Fsp3) is 0.304. The third-order valence-electron chi connectivity index (χ3n) is 6.56. The van der Waals surface area contributed by atoms with Crippen molar-refractivity contribution in [2.75, 3.05) is 11.9 Å². The van der Waals surface area contributed by atoms with Crippen molar-refractivity contribution in [3.8, 4) is 5.75 Å². The highest BCUT2D eigenvalue weighted by Crippen LogP contribution is 2.57. The Hall–Kier alpha value is -2.88. The second-order valence-electron chi connectivity index (χ2n) is 7.43. The number of anilines is 1. The quantitative estimate of drug-likeness (QED) is 0.630. The van der Waals surface area contributed by atoms with E-state index >= 15 is 0 Å². The van der Waals surface area contributed by atoms with Gasteiger partial charge in [-0.05, 0) is 42.7 Å². The van der Waals surface area contributed by atoms with Crippen LogP contribution in [0.2, 0.25) is 0 Å². The molecule has 0 radical (unpaired) electrons. The number of ether oxygens (including phenoxy) is 1. The number of aliphatic imine (C=N–C) groups is 1. The molecule has 0 N–H and O–H groups in total. The lowest BCUT2D eigenvalue weighted by molar-refractivity contribution is 0.0578. The van der Waals surface area contributed by atoms with Crippen molar-refractivity contribution in [2.24, 2.45) is 4.99 Å². The molecule has 3 heterocycles. The number of hydrogen-bond acceptors (Lipinski definition) is 4. The Labute approximate surface area is 159 Å². The molecule has 0 saturated carbocycles. The fourth-order valence-corrected chi connectivity index (χ4v) is 5.07. The molecule has 0 amide bonds. The zero-order chi connectivity index (χ0) is 18.6. The average molecular weight is 357 g/mol. The number of rotatable bonds is 2. The summed E-state index contributed by atoms with van der Waals surface area (Å²) in [5.41, 5.74) is 2.70. The zero-order valence-electron chi connectivity index (χ0n) is 15.9. The van der Waals surface area contributed by atoms with Crippen LogP contribution in [0.4, 0.5) is 11.4 Å². The number of pyridine rings is 1. The molecule has 27 heavy (non-hydrogen) atoms. The second-order valence-corrected chi connectivity index (χ2v) is 7.43. The topological polar surface area (TPSA) is 37.7 Å². The maximum atomic E-state index is 6.84. The molecule has 1 unspecified atom stereocenters. The lowest BCUT2D eigenvalue weighted by Gasteiger charge is -2.47. The molecule has 1 spiro atoms. The monoisotopic (exact) mass is 357 g/mol. The number of nitrogens with zero attached hydrogens (tertiary/aromatic N) is 3. The summed E-state index contributed by atoms with van der Waals surface area (Å²) in [6, 6.07) is 14.8. The smallest absolute Gasteiger partial charge is 0.229 e. The van der Waals surface area contributed by atoms with Crippen LogP contribution in [0.25, 0.3) is 10.8 Å². The van der Waals surface area contributed by atoms with E-state index in [0.29, 0.717) is 0 Å². The van der Waals surface area contributed by atoms with E-state index < -0.39 is 5.72 Å². The molecule has 0 bridgehead atoms. The van der Waals surface area contributed by atoms with Gasteiger partial charge in [-0.2, -0.15) is 0 Å². The van der Waals surface area contributed by atoms with Crippen LogP contribution in [0.15, 0.2) is 59.9 Å². The van der Waals surface area contributed by atoms with E-state index in [-0.39, 0.29) is 5.41 Å². The van der Waals surface area contributed by atoms with Crippen LogP contribution in [0.5, 0.6) is 5.75 Å². The SMILES string of the molecule is CCC1(CC)c2ccccc2N(C)C12C=Nc1c(ccc3cnccc13)O2. The predicted molar refractivity (Wildman–Crippen MR) is 110 cm³/mol. The molecule has 0 aliphatic carbocycles. The van der Waals surface area contributed by atoms with Crippen LogP contribution in [0.1, 0.15) is 32.3 Å². The molecule has 0 saturated heterocycles. The summed E-state index contributed by atoms with van der Waals surface area (Å²) in [7, 11) is 2.12. The van der Waals surface area contributed by atoms with Crippen molar-refractivity contribution >= 4 is 28.4 Å². The van der Waals surface area contributed by atoms with Crippen LogP contribution >= 0.6 is 0 Å². The molecule has 2 aliphatic rings. The van der Waals surface area contributed by atoms with E-state index in [9.17, 15) is 0 Å². The van der Waals surface area contributed by atoms with Gasteiger partial charge in [0, 0.05) is 35.9 Å². The molecule has 2 aromatic carbocycles. The van der Waals surface area contributed by atoms with E-state index in [2.05, 4.69) is 61.1 Å². The van der Waals surface area contributed by atoms with Crippen LogP contribution in [-0.4, -0.2) is 24.0 Å². The van der Waals surface area contributed by atoms with Crippen LogP contribution in [-0.2, 0) is 5.41 Å². The average Bonchev–Trinajstić information content (AvgIpc) is 2.93. The van der Waals surface area contributed by atoms with E-state index in [1.165, 1.54) is 11.3 Å². The molecule has 4 heteroatoms. The Bertz CT molecular complexity index is 1070. The van der Waals surface area contributed by atoms with Crippen molar-refractivity contribution in [1.82, 2.24) is 4.98 Å². The Balaban J connectivity index is 1.75. The van der Waals surface area contributed by atoms with Gasteiger partial charge >= 0.3 is 0 Å². The van der Waals surface area contributed by atoms with E-state index in [0.717, 1.165) is 35.1 Å². The minimum absolute atomic E-state index is 0.146. The van der Waals surface area contributed by atoms with Crippen LogP contribution in [0.3, 0.4) is 0 Å². The summed E-state index contributed by atoms with van der Waals surface area (Å²) in [5.74, 6) is 0.835. The van der Waals surface area contributed by atoms with Crippen molar-refractivity contribution in [1.29, 1.82) is 0 Å². The number of fused-ring (bicyclic) bond motifs is 4. The van der Waals surface area contributed by atoms with Gasteiger partial charge in [0.2, 0.25) is 5.72 Å². The minimum atomic E-state index is -0.617. The lowest BCUT2D eigenvalue weighted by atomic mass is 9.70. The molecule has 136 valence electrons. The molecular weight excluding hydrogens is 334 g/mol. The molecule has 4 nitrogen and oxygen atoms in total. The fourth-order valence-electron chi connectivity index (χ4n) is 5.07. The molecule has 1 aromatic heterocycles. The summed E-state index contributed by atoms with van der Waals surface area (Å²) < 4.78 is 6.84. The minimum Gasteiger partial charge on any atom is -0.459 e. The molecule has 5 rings (SSSR count). The van der Waals surface area contributed by atoms with E-state index in [1.54, 1.807) is 0 Å². The highest BCUT2D eigenvalue weighted by molar-refractivity contribution is 5.99. The number of para-hydroxylation sites is 1. The Morgan fingerprint density at radius 2 is 1.85 bits per heavy atom. The third-order valence-corrected chi connectivity index (χ3v) is 6.56. The number of likely N-dealkylation sites (N-methyl/N-ethyl adjacent to an activating group) is 1. The molecular formula is C23H23N3O. The van der Waals surface area contributed by atoms with Gasteiger partial charge in [0.25, 0.3) is 0 Å². The first-order chi connectivity index (χ1) is 13.2. The molecule has 2 aliphatic heterocycles. The number of aromatic nitrogens is 1. The third kappa shape index (κ3) is 1.88. The number of benzene rings is 2. The van der Waals surface area contributed by atoms with Gasteiger partial charge in [-0.25, -0.2) is 0 Å². The van der Waals surface area contributed by atoms with Crippen molar-refractivity contribution in [3.63, 3.8) is 0 Å². The maximum absolute atomic E-state index is 6.84. The van der Waals surface area contributed by atoms with Crippen molar-refractivity contribution < 1.29 is 4.74 Å². The first-order valence-electron chi connectivity index (χ1n) is 9.61. The second kappa shape index (κ2) is 5.56. The highest BCUT2D eigenvalue weighted by atomic mass is 16.5. The predicted octanol–water partition coefficient (Wildman–Crippen LogP) is 5.23. The van der Waals surface area contributed by atoms with Crippen LogP contribution in [0, 0.1) is 0 Å². The first-order valence-corrected chi connectivity index (χ1v) is 9.61. The molecule has 3 aromatic rings. The molecule has 1 atom stereocenters. The lowest BCUT2D eigenvalue weighted by Crippen LogP contribution is -2.62. The Morgan fingerprint density at radius 3 is 2.67 bits per heavy atom. The van der Waals surface area contributed by atoms with Gasteiger partial charge in [-0.15, -0.1) is 0 Å². The largest absolute Gasteiger partial charge is 0.459 e. The zero-order valence-corrected chi connectivity index (χ0v) is 15.9. The Morgan fingerprint density at radius 1 is 1.04 bits per heavy atom. The van der Waals surface area contributed by atoms with Gasteiger partial charge in [-0.1, -0.05) is 32.0 Å². The normalized spacial score (nSPS) is 22.0. The highest BCUT2D eigenvalue weighted by Gasteiger charge is 2.61. The summed E-state index contributed by atoms with van der Waals surface area (Å²) in [6.07, 6.45) is 7.66. The Kier molecular flexibility index (Phi) is 3.36. The molecule has 0 fully saturated rings.